The molecule has 5 heteroatoms. The highest BCUT2D eigenvalue weighted by molar-refractivity contribution is 6.04. The summed E-state index contributed by atoms with van der Waals surface area (Å²) in [5.41, 5.74) is 2.57. The van der Waals surface area contributed by atoms with E-state index in [1.807, 2.05) is 6.92 Å². The standard InChI is InChI=1S/C15H14N2O3/c1-10-5-12(9-16-8-10)15(20)17-13-4-2-3-11(6-13)7-14(18)19/h2-6,8-9H,7H2,1H3,(H,17,20)(H,18,19). The SMILES string of the molecule is Cc1cncc(C(=O)Nc2cccc(CC(=O)O)c2)c1. The molecular formula is C15H14N2O3. The van der Waals surface area contributed by atoms with E-state index in [0.29, 0.717) is 16.8 Å². The summed E-state index contributed by atoms with van der Waals surface area (Å²) in [5.74, 6) is -1.18. The predicted octanol–water partition coefficient (Wildman–Crippen LogP) is 2.27. The molecule has 5 nitrogen and oxygen atoms in total. The van der Waals surface area contributed by atoms with Crippen molar-refractivity contribution in [2.45, 2.75) is 13.3 Å². The topological polar surface area (TPSA) is 79.3 Å². The second kappa shape index (κ2) is 5.97. The van der Waals surface area contributed by atoms with Crippen LogP contribution in [0.2, 0.25) is 0 Å². The van der Waals surface area contributed by atoms with Crippen LogP contribution in [0.4, 0.5) is 5.69 Å². The van der Waals surface area contributed by atoms with Gasteiger partial charge in [-0.25, -0.2) is 0 Å². The summed E-state index contributed by atoms with van der Waals surface area (Å²) in [5, 5.41) is 11.5. The minimum atomic E-state index is -0.906. The van der Waals surface area contributed by atoms with Gasteiger partial charge in [0.1, 0.15) is 0 Å². The van der Waals surface area contributed by atoms with Crippen molar-refractivity contribution >= 4 is 17.6 Å². The van der Waals surface area contributed by atoms with Crippen molar-refractivity contribution < 1.29 is 14.7 Å². The lowest BCUT2D eigenvalue weighted by Crippen LogP contribution is -2.12. The Hall–Kier alpha value is -2.69. The fraction of sp³-hybridized carbons (Fsp3) is 0.133. The van der Waals surface area contributed by atoms with Gasteiger partial charge >= 0.3 is 5.97 Å². The zero-order chi connectivity index (χ0) is 14.5. The van der Waals surface area contributed by atoms with Gasteiger partial charge in [0.15, 0.2) is 0 Å². The van der Waals surface area contributed by atoms with Gasteiger partial charge in [-0.05, 0) is 36.2 Å². The number of aromatic nitrogens is 1. The van der Waals surface area contributed by atoms with Crippen LogP contribution in [0.15, 0.2) is 42.7 Å². The van der Waals surface area contributed by atoms with E-state index in [4.69, 9.17) is 5.11 Å². The number of hydrogen-bond acceptors (Lipinski definition) is 3. The average Bonchev–Trinajstić information content (AvgIpc) is 2.38. The number of hydrogen-bond donors (Lipinski definition) is 2. The Balaban J connectivity index is 2.13. The first kappa shape index (κ1) is 13.7. The van der Waals surface area contributed by atoms with Crippen LogP contribution in [0.5, 0.6) is 0 Å². The summed E-state index contributed by atoms with van der Waals surface area (Å²) in [6.45, 7) is 1.86. The predicted molar refractivity (Wildman–Crippen MR) is 74.7 cm³/mol. The Bertz CT molecular complexity index is 653. The molecule has 20 heavy (non-hydrogen) atoms. The average molecular weight is 270 g/mol. The van der Waals surface area contributed by atoms with Crippen molar-refractivity contribution in [2.24, 2.45) is 0 Å². The summed E-state index contributed by atoms with van der Waals surface area (Å²) < 4.78 is 0. The molecule has 0 aliphatic carbocycles. The second-order valence-corrected chi connectivity index (χ2v) is 4.48. The van der Waals surface area contributed by atoms with Gasteiger partial charge in [-0.3, -0.25) is 14.6 Å². The van der Waals surface area contributed by atoms with E-state index in [1.54, 1.807) is 36.5 Å². The first-order valence-electron chi connectivity index (χ1n) is 6.08. The van der Waals surface area contributed by atoms with Crippen molar-refractivity contribution in [3.8, 4) is 0 Å². The van der Waals surface area contributed by atoms with Crippen LogP contribution in [0.3, 0.4) is 0 Å². The third kappa shape index (κ3) is 3.65. The third-order valence-electron chi connectivity index (χ3n) is 2.68. The Kier molecular flexibility index (Phi) is 4.10. The molecule has 0 radical (unpaired) electrons. The van der Waals surface area contributed by atoms with Crippen LogP contribution in [0.1, 0.15) is 21.5 Å². The minimum absolute atomic E-state index is 0.0737. The largest absolute Gasteiger partial charge is 0.481 e. The molecule has 1 heterocycles. The van der Waals surface area contributed by atoms with E-state index in [0.717, 1.165) is 5.56 Å². The number of carbonyl (C=O) groups excluding carboxylic acids is 1. The maximum Gasteiger partial charge on any atom is 0.307 e. The van der Waals surface area contributed by atoms with Gasteiger partial charge < -0.3 is 10.4 Å². The fourth-order valence-corrected chi connectivity index (χ4v) is 1.82. The minimum Gasteiger partial charge on any atom is -0.481 e. The van der Waals surface area contributed by atoms with E-state index >= 15 is 0 Å². The molecule has 2 aromatic rings. The van der Waals surface area contributed by atoms with Gasteiger partial charge in [0, 0.05) is 18.1 Å². The number of amides is 1. The zero-order valence-electron chi connectivity index (χ0n) is 11.0. The van der Waals surface area contributed by atoms with Gasteiger partial charge in [-0.1, -0.05) is 12.1 Å². The fourth-order valence-electron chi connectivity index (χ4n) is 1.82. The molecule has 0 fully saturated rings. The molecule has 0 unspecified atom stereocenters. The van der Waals surface area contributed by atoms with Crippen LogP contribution in [-0.2, 0) is 11.2 Å². The van der Waals surface area contributed by atoms with Crippen molar-refractivity contribution in [3.63, 3.8) is 0 Å². The highest BCUT2D eigenvalue weighted by atomic mass is 16.4. The molecule has 0 spiro atoms. The normalized spacial score (nSPS) is 10.1. The highest BCUT2D eigenvalue weighted by Gasteiger charge is 2.08. The van der Waals surface area contributed by atoms with Gasteiger partial charge in [0.2, 0.25) is 0 Å². The van der Waals surface area contributed by atoms with Crippen molar-refractivity contribution in [1.82, 2.24) is 4.98 Å². The molecule has 0 atom stereocenters. The monoisotopic (exact) mass is 270 g/mol. The summed E-state index contributed by atoms with van der Waals surface area (Å²) in [7, 11) is 0. The van der Waals surface area contributed by atoms with Gasteiger partial charge in [0.25, 0.3) is 5.91 Å². The van der Waals surface area contributed by atoms with Crippen molar-refractivity contribution in [2.75, 3.05) is 5.32 Å². The number of aryl methyl sites for hydroxylation is 1. The number of carboxylic acids is 1. The van der Waals surface area contributed by atoms with Crippen molar-refractivity contribution in [1.29, 1.82) is 0 Å². The number of pyridine rings is 1. The van der Waals surface area contributed by atoms with Crippen molar-refractivity contribution in [3.05, 3.63) is 59.4 Å². The molecule has 1 aromatic carbocycles. The van der Waals surface area contributed by atoms with Gasteiger partial charge in [0.05, 0.1) is 12.0 Å². The van der Waals surface area contributed by atoms with E-state index in [1.165, 1.54) is 6.20 Å². The maximum atomic E-state index is 12.0. The third-order valence-corrected chi connectivity index (χ3v) is 2.68. The van der Waals surface area contributed by atoms with Crippen LogP contribution in [-0.4, -0.2) is 22.0 Å². The van der Waals surface area contributed by atoms with E-state index in [-0.39, 0.29) is 12.3 Å². The highest BCUT2D eigenvalue weighted by Crippen LogP contribution is 2.13. The molecule has 0 aliphatic rings. The molecule has 1 amide bonds. The first-order chi connectivity index (χ1) is 9.54. The number of carboxylic acid groups (broad SMARTS) is 1. The summed E-state index contributed by atoms with van der Waals surface area (Å²) in [6.07, 6.45) is 3.09. The number of nitrogens with zero attached hydrogens (tertiary/aromatic N) is 1. The quantitative estimate of drug-likeness (QED) is 0.893. The molecule has 0 bridgehead atoms. The second-order valence-electron chi connectivity index (χ2n) is 4.48. The summed E-state index contributed by atoms with van der Waals surface area (Å²) in [4.78, 5) is 26.7. The lowest BCUT2D eigenvalue weighted by molar-refractivity contribution is -0.136. The summed E-state index contributed by atoms with van der Waals surface area (Å²) >= 11 is 0. The van der Waals surface area contributed by atoms with Crippen LogP contribution in [0.25, 0.3) is 0 Å². The number of anilines is 1. The molecule has 0 saturated carbocycles. The number of carbonyl (C=O) groups is 2. The number of benzene rings is 1. The van der Waals surface area contributed by atoms with E-state index in [9.17, 15) is 9.59 Å². The molecular weight excluding hydrogens is 256 g/mol. The lowest BCUT2D eigenvalue weighted by atomic mass is 10.1. The molecule has 1 aromatic heterocycles. The summed E-state index contributed by atoms with van der Waals surface area (Å²) in [6, 6.07) is 8.52. The van der Waals surface area contributed by atoms with Gasteiger partial charge in [-0.2, -0.15) is 0 Å². The maximum absolute atomic E-state index is 12.0. The molecule has 0 saturated heterocycles. The lowest BCUT2D eigenvalue weighted by Gasteiger charge is -2.07. The van der Waals surface area contributed by atoms with Crippen LogP contribution < -0.4 is 5.32 Å². The Labute approximate surface area is 116 Å². The molecule has 0 aliphatic heterocycles. The number of aliphatic carboxylic acids is 1. The van der Waals surface area contributed by atoms with Crippen LogP contribution >= 0.6 is 0 Å². The molecule has 2 N–H and O–H groups in total. The first-order valence-corrected chi connectivity index (χ1v) is 6.08. The Morgan fingerprint density at radius 3 is 2.75 bits per heavy atom. The van der Waals surface area contributed by atoms with E-state index < -0.39 is 5.97 Å². The molecule has 2 rings (SSSR count). The Morgan fingerprint density at radius 1 is 1.25 bits per heavy atom. The molecule has 102 valence electrons. The smallest absolute Gasteiger partial charge is 0.307 e. The van der Waals surface area contributed by atoms with Gasteiger partial charge in [-0.15, -0.1) is 0 Å². The Morgan fingerprint density at radius 2 is 2.05 bits per heavy atom. The zero-order valence-corrected chi connectivity index (χ0v) is 11.0. The van der Waals surface area contributed by atoms with Crippen LogP contribution in [0, 0.1) is 6.92 Å². The number of nitrogens with one attached hydrogen (secondary N) is 1. The number of rotatable bonds is 4. The van der Waals surface area contributed by atoms with E-state index in [2.05, 4.69) is 10.3 Å².